The molecule has 2 N–H and O–H groups in total. The van der Waals surface area contributed by atoms with Gasteiger partial charge in [-0.15, -0.1) is 0 Å². The van der Waals surface area contributed by atoms with Crippen molar-refractivity contribution in [1.82, 2.24) is 15.8 Å². The Morgan fingerprint density at radius 2 is 1.69 bits per heavy atom. The van der Waals surface area contributed by atoms with E-state index in [0.717, 1.165) is 18.4 Å². The number of nitrogens with one attached hydrogen (secondary N) is 2. The van der Waals surface area contributed by atoms with Crippen molar-refractivity contribution in [2.45, 2.75) is 44.7 Å². The van der Waals surface area contributed by atoms with E-state index in [4.69, 9.17) is 9.47 Å². The van der Waals surface area contributed by atoms with Crippen LogP contribution in [0.25, 0.3) is 0 Å². The van der Waals surface area contributed by atoms with E-state index < -0.39 is 41.0 Å². The highest BCUT2D eigenvalue weighted by Gasteiger charge is 2.48. The lowest BCUT2D eigenvalue weighted by atomic mass is 9.91. The van der Waals surface area contributed by atoms with Gasteiger partial charge in [0.25, 0.3) is 5.91 Å². The first-order valence-corrected chi connectivity index (χ1v) is 11.9. The summed E-state index contributed by atoms with van der Waals surface area (Å²) in [5, 5.41) is 9.00. The van der Waals surface area contributed by atoms with Gasteiger partial charge in [-0.3, -0.25) is 19.2 Å². The summed E-state index contributed by atoms with van der Waals surface area (Å²) in [4.78, 5) is 51.9. The monoisotopic (exact) mass is 499 g/mol. The zero-order valence-corrected chi connectivity index (χ0v) is 20.8. The van der Waals surface area contributed by atoms with Gasteiger partial charge in [0.2, 0.25) is 5.91 Å². The minimum Gasteiger partial charge on any atom is -0.384 e. The van der Waals surface area contributed by atoms with Crippen molar-refractivity contribution in [2.24, 2.45) is 11.3 Å². The molecule has 2 amide bonds. The second-order valence-corrected chi connectivity index (χ2v) is 9.36. The number of Topliss-reactive ketones (excluding diaryl/α,β-unsaturated/α-hetero) is 2. The van der Waals surface area contributed by atoms with Crippen LogP contribution in [-0.4, -0.2) is 68.1 Å². The molecule has 10 heteroatoms. The highest BCUT2D eigenvalue weighted by molar-refractivity contribution is 5.98. The van der Waals surface area contributed by atoms with Gasteiger partial charge in [-0.25, -0.2) is 0 Å². The number of methoxy groups -OCH3 is 2. The van der Waals surface area contributed by atoms with Gasteiger partial charge >= 0.3 is 0 Å². The maximum atomic E-state index is 13.3. The molecule has 1 aromatic heterocycles. The summed E-state index contributed by atoms with van der Waals surface area (Å²) >= 11 is 0. The maximum Gasteiger partial charge on any atom is 0.274 e. The largest absolute Gasteiger partial charge is 0.384 e. The minimum absolute atomic E-state index is 0.0145. The third kappa shape index (κ3) is 7.32. The predicted octanol–water partition coefficient (Wildman–Crippen LogP) is 1.74. The van der Waals surface area contributed by atoms with E-state index >= 15 is 0 Å². The van der Waals surface area contributed by atoms with Crippen LogP contribution in [0.1, 0.15) is 42.2 Å². The number of carbonyl (C=O) groups is 4. The normalized spacial score (nSPS) is 16.4. The van der Waals surface area contributed by atoms with E-state index in [1.165, 1.54) is 26.5 Å². The average molecular weight is 500 g/mol. The number of hydrogen-bond acceptors (Lipinski definition) is 8. The molecule has 1 heterocycles. The van der Waals surface area contributed by atoms with Crippen LogP contribution in [0.4, 0.5) is 0 Å². The molecule has 3 rings (SSSR count). The first-order valence-electron chi connectivity index (χ1n) is 11.9. The molecule has 194 valence electrons. The molecular weight excluding hydrogens is 466 g/mol. The Labute approximate surface area is 210 Å². The number of nitrogens with zero attached hydrogens (tertiary/aromatic N) is 1. The van der Waals surface area contributed by atoms with Gasteiger partial charge in [0.05, 0.1) is 25.2 Å². The number of benzene rings is 1. The van der Waals surface area contributed by atoms with E-state index in [0.29, 0.717) is 6.42 Å². The van der Waals surface area contributed by atoms with Crippen LogP contribution in [0.5, 0.6) is 0 Å². The fourth-order valence-electron chi connectivity index (χ4n) is 3.96. The number of rotatable bonds is 15. The summed E-state index contributed by atoms with van der Waals surface area (Å²) in [6, 6.07) is 9.12. The van der Waals surface area contributed by atoms with E-state index in [9.17, 15) is 19.2 Å². The summed E-state index contributed by atoms with van der Waals surface area (Å²) in [5.41, 5.74) is 0.510. The fourth-order valence-corrected chi connectivity index (χ4v) is 3.96. The molecule has 0 saturated heterocycles. The number of hydrogen-bond donors (Lipinski definition) is 2. The summed E-state index contributed by atoms with van der Waals surface area (Å²) < 4.78 is 15.0. The van der Waals surface area contributed by atoms with Gasteiger partial charge in [0.15, 0.2) is 17.3 Å². The van der Waals surface area contributed by atoms with Gasteiger partial charge in [-0.05, 0) is 24.8 Å². The first kappa shape index (κ1) is 27.2. The lowest BCUT2D eigenvalue weighted by Gasteiger charge is -2.25. The van der Waals surface area contributed by atoms with Gasteiger partial charge < -0.3 is 24.6 Å². The molecule has 0 aliphatic heterocycles. The van der Waals surface area contributed by atoms with Crippen molar-refractivity contribution in [3.05, 3.63) is 53.9 Å². The molecule has 3 atom stereocenters. The van der Waals surface area contributed by atoms with Crippen molar-refractivity contribution in [3.8, 4) is 0 Å². The van der Waals surface area contributed by atoms with Crippen LogP contribution in [0.2, 0.25) is 0 Å². The van der Waals surface area contributed by atoms with Crippen molar-refractivity contribution in [3.63, 3.8) is 0 Å². The Hall–Kier alpha value is -3.37. The van der Waals surface area contributed by atoms with E-state index in [1.54, 1.807) is 0 Å². The van der Waals surface area contributed by atoms with Crippen molar-refractivity contribution < 1.29 is 33.2 Å². The molecule has 1 aliphatic carbocycles. The molecule has 1 aromatic carbocycles. The van der Waals surface area contributed by atoms with Crippen LogP contribution < -0.4 is 10.6 Å². The second-order valence-electron chi connectivity index (χ2n) is 9.36. The van der Waals surface area contributed by atoms with Crippen LogP contribution in [0, 0.1) is 11.3 Å². The molecule has 1 fully saturated rings. The van der Waals surface area contributed by atoms with Crippen molar-refractivity contribution >= 4 is 23.4 Å². The van der Waals surface area contributed by atoms with Gasteiger partial charge in [-0.1, -0.05) is 42.4 Å². The molecule has 0 spiro atoms. The lowest BCUT2D eigenvalue weighted by Crippen LogP contribution is -2.50. The topological polar surface area (TPSA) is 137 Å². The van der Waals surface area contributed by atoms with Crippen LogP contribution in [0.3, 0.4) is 0 Å². The average Bonchev–Trinajstić information content (AvgIpc) is 3.38. The van der Waals surface area contributed by atoms with Crippen LogP contribution in [-0.2, 0) is 30.3 Å². The van der Waals surface area contributed by atoms with Gasteiger partial charge in [0.1, 0.15) is 12.3 Å². The Morgan fingerprint density at radius 1 is 1.00 bits per heavy atom. The van der Waals surface area contributed by atoms with Crippen LogP contribution >= 0.6 is 0 Å². The molecule has 10 nitrogen and oxygen atoms in total. The Bertz CT molecular complexity index is 1040. The standard InChI is InChI=1S/C26H33N3O7/c1-26(10-11-26)23(31)20(13-17-7-5-4-6-8-17)27-24(32)18(15-34-2)14-22(30)21(16-35-3)28-25(33)19-9-12-36-29-19/h4-9,12,18,20-21H,10-11,13-16H2,1-3H3,(H,27,32)(H,28,33)/t18-,20-,21-/m0/s1. The zero-order valence-electron chi connectivity index (χ0n) is 20.8. The Balaban J connectivity index is 1.70. The van der Waals surface area contributed by atoms with Crippen molar-refractivity contribution in [2.75, 3.05) is 27.4 Å². The number of ketones is 2. The first-order chi connectivity index (χ1) is 17.3. The maximum absolute atomic E-state index is 13.3. The molecule has 0 radical (unpaired) electrons. The number of amides is 2. The Kier molecular flexibility index (Phi) is 9.49. The summed E-state index contributed by atoms with van der Waals surface area (Å²) in [6.45, 7) is 1.79. The smallest absolute Gasteiger partial charge is 0.274 e. The number of carbonyl (C=O) groups excluding carboxylic acids is 4. The molecule has 2 aromatic rings. The van der Waals surface area contributed by atoms with E-state index in [-0.39, 0.29) is 31.1 Å². The molecule has 1 aliphatic rings. The highest BCUT2D eigenvalue weighted by Crippen LogP contribution is 2.46. The summed E-state index contributed by atoms with van der Waals surface area (Å²) in [6.07, 6.45) is 2.97. The SMILES string of the molecule is COC[C@H](CC(=O)[C@H](COC)NC(=O)c1ccon1)C(=O)N[C@@H](Cc1ccccc1)C(=O)C1(C)CC1. The lowest BCUT2D eigenvalue weighted by molar-refractivity contribution is -0.135. The fraction of sp³-hybridized carbons (Fsp3) is 0.500. The summed E-state index contributed by atoms with van der Waals surface area (Å²) in [5.74, 6) is -2.34. The molecule has 1 saturated carbocycles. The van der Waals surface area contributed by atoms with Crippen molar-refractivity contribution in [1.29, 1.82) is 0 Å². The molecule has 0 unspecified atom stereocenters. The van der Waals surface area contributed by atoms with Crippen LogP contribution in [0.15, 0.2) is 47.2 Å². The molecule has 0 bridgehead atoms. The van der Waals surface area contributed by atoms with Gasteiger partial charge in [-0.2, -0.15) is 0 Å². The quantitative estimate of drug-likeness (QED) is 0.378. The van der Waals surface area contributed by atoms with Gasteiger partial charge in [0, 0.05) is 32.1 Å². The zero-order chi connectivity index (χ0) is 26.1. The molecular formula is C26H33N3O7. The third-order valence-corrected chi connectivity index (χ3v) is 6.39. The molecule has 36 heavy (non-hydrogen) atoms. The Morgan fingerprint density at radius 3 is 2.28 bits per heavy atom. The predicted molar refractivity (Wildman–Crippen MR) is 129 cm³/mol. The van der Waals surface area contributed by atoms with E-state index in [2.05, 4.69) is 20.3 Å². The number of aromatic nitrogens is 1. The van der Waals surface area contributed by atoms with E-state index in [1.807, 2.05) is 37.3 Å². The third-order valence-electron chi connectivity index (χ3n) is 6.39. The number of ether oxygens (including phenoxy) is 2. The highest BCUT2D eigenvalue weighted by atomic mass is 16.5. The minimum atomic E-state index is -1.00. The second kappa shape index (κ2) is 12.5. The summed E-state index contributed by atoms with van der Waals surface area (Å²) in [7, 11) is 2.84.